The Balaban J connectivity index is 0.994. The highest BCUT2D eigenvalue weighted by molar-refractivity contribution is 6.17. The van der Waals surface area contributed by atoms with Gasteiger partial charge < -0.3 is 14.8 Å². The van der Waals surface area contributed by atoms with Crippen molar-refractivity contribution in [2.75, 3.05) is 0 Å². The standard InChI is InChI=1S/C56H37N3O2/c1-5-18-36(19-6-1)40-32-33-44(42-27-14-13-26-41(40)42)54-57-53(37-20-7-2-8-21-37)58-55(59-54)45-29-17-31-49-52(45)61-50-34-46-43-28-15-16-30-47(43)56(38-22-9-3-10-23-38,39-24-11-4-12-25-39)48(46)35-51(50)60-49/h1-35,54H,(H,57,58,59). The van der Waals surface area contributed by atoms with E-state index in [1.54, 1.807) is 0 Å². The summed E-state index contributed by atoms with van der Waals surface area (Å²) in [5.74, 6) is 3.92. The van der Waals surface area contributed by atoms with Gasteiger partial charge in [0.2, 0.25) is 0 Å². The Morgan fingerprint density at radius 1 is 0.393 bits per heavy atom. The van der Waals surface area contributed by atoms with E-state index in [4.69, 9.17) is 19.5 Å². The molecule has 288 valence electrons. The lowest BCUT2D eigenvalue weighted by Crippen LogP contribution is -2.36. The van der Waals surface area contributed by atoms with Crippen molar-refractivity contribution >= 4 is 22.4 Å². The second-order valence-electron chi connectivity index (χ2n) is 15.6. The van der Waals surface area contributed by atoms with Crippen LogP contribution in [0.2, 0.25) is 0 Å². The quantitative estimate of drug-likeness (QED) is 0.183. The van der Waals surface area contributed by atoms with E-state index >= 15 is 0 Å². The molecule has 5 heteroatoms. The largest absolute Gasteiger partial charge is 0.449 e. The number of nitrogens with zero attached hydrogens (tertiary/aromatic N) is 2. The zero-order chi connectivity index (χ0) is 40.3. The van der Waals surface area contributed by atoms with Crippen LogP contribution in [-0.2, 0) is 5.41 Å². The van der Waals surface area contributed by atoms with Gasteiger partial charge in [0, 0.05) is 11.1 Å². The molecule has 1 atom stereocenters. The summed E-state index contributed by atoms with van der Waals surface area (Å²) in [6.07, 6.45) is -0.530. The highest BCUT2D eigenvalue weighted by atomic mass is 16.6. The smallest absolute Gasteiger partial charge is 0.181 e. The lowest BCUT2D eigenvalue weighted by molar-refractivity contribution is 0.358. The number of benzene rings is 9. The van der Waals surface area contributed by atoms with Gasteiger partial charge in [0.05, 0.1) is 11.0 Å². The highest BCUT2D eigenvalue weighted by Crippen LogP contribution is 2.60. The maximum absolute atomic E-state index is 7.01. The van der Waals surface area contributed by atoms with Crippen LogP contribution in [-0.4, -0.2) is 11.7 Å². The molecule has 2 heterocycles. The molecule has 1 unspecified atom stereocenters. The number of hydrogen-bond acceptors (Lipinski definition) is 5. The minimum atomic E-state index is -0.554. The molecule has 0 bridgehead atoms. The number of fused-ring (bicyclic) bond motifs is 6. The molecular weight excluding hydrogens is 747 g/mol. The van der Waals surface area contributed by atoms with E-state index in [0.29, 0.717) is 28.8 Å². The van der Waals surface area contributed by atoms with Gasteiger partial charge in [-0.15, -0.1) is 0 Å². The normalized spacial score (nSPS) is 15.4. The van der Waals surface area contributed by atoms with E-state index < -0.39 is 11.6 Å². The van der Waals surface area contributed by atoms with Crippen molar-refractivity contribution in [1.82, 2.24) is 5.32 Å². The van der Waals surface area contributed by atoms with Gasteiger partial charge in [0.25, 0.3) is 0 Å². The maximum Gasteiger partial charge on any atom is 0.181 e. The van der Waals surface area contributed by atoms with Crippen LogP contribution in [0.5, 0.6) is 23.0 Å². The molecule has 3 aliphatic rings. The van der Waals surface area contributed by atoms with Gasteiger partial charge in [-0.05, 0) is 79.5 Å². The van der Waals surface area contributed by atoms with Crippen LogP contribution in [0.15, 0.2) is 222 Å². The molecule has 0 saturated heterocycles. The third-order valence-electron chi connectivity index (χ3n) is 12.3. The number of para-hydroxylation sites is 1. The Kier molecular flexibility index (Phi) is 8.07. The topological polar surface area (TPSA) is 55.2 Å². The van der Waals surface area contributed by atoms with E-state index in [-0.39, 0.29) is 0 Å². The molecule has 0 spiro atoms. The summed E-state index contributed by atoms with van der Waals surface area (Å²) in [6.45, 7) is 0. The summed E-state index contributed by atoms with van der Waals surface area (Å²) in [5, 5.41) is 5.87. The Morgan fingerprint density at radius 3 is 1.72 bits per heavy atom. The Morgan fingerprint density at radius 2 is 0.984 bits per heavy atom. The fraction of sp³-hybridized carbons (Fsp3) is 0.0357. The summed E-state index contributed by atoms with van der Waals surface area (Å²) in [4.78, 5) is 10.6. The van der Waals surface area contributed by atoms with E-state index in [1.165, 1.54) is 33.4 Å². The van der Waals surface area contributed by atoms with Gasteiger partial charge in [0.1, 0.15) is 11.7 Å². The summed E-state index contributed by atoms with van der Waals surface area (Å²) < 4.78 is 13.9. The van der Waals surface area contributed by atoms with E-state index in [1.807, 2.05) is 36.4 Å². The van der Waals surface area contributed by atoms with Crippen molar-refractivity contribution < 1.29 is 9.47 Å². The molecule has 0 radical (unpaired) electrons. The van der Waals surface area contributed by atoms with Crippen LogP contribution in [0.4, 0.5) is 0 Å². The van der Waals surface area contributed by atoms with Crippen molar-refractivity contribution in [3.05, 3.63) is 251 Å². The van der Waals surface area contributed by atoms with Gasteiger partial charge >= 0.3 is 0 Å². The van der Waals surface area contributed by atoms with Crippen LogP contribution in [0.3, 0.4) is 0 Å². The molecule has 9 aromatic carbocycles. The predicted molar refractivity (Wildman–Crippen MR) is 245 cm³/mol. The van der Waals surface area contributed by atoms with Crippen LogP contribution in [0.25, 0.3) is 33.0 Å². The predicted octanol–water partition coefficient (Wildman–Crippen LogP) is 13.3. The average Bonchev–Trinajstić information content (AvgIpc) is 3.62. The third-order valence-corrected chi connectivity index (χ3v) is 12.3. The number of aliphatic imine (C=N–C) groups is 2. The molecule has 61 heavy (non-hydrogen) atoms. The first-order valence-electron chi connectivity index (χ1n) is 20.7. The summed E-state index contributed by atoms with van der Waals surface area (Å²) in [7, 11) is 0. The first-order valence-corrected chi connectivity index (χ1v) is 20.7. The van der Waals surface area contributed by atoms with Gasteiger partial charge in [0.15, 0.2) is 29.2 Å². The number of rotatable bonds is 6. The van der Waals surface area contributed by atoms with Crippen molar-refractivity contribution in [3.63, 3.8) is 0 Å². The second-order valence-corrected chi connectivity index (χ2v) is 15.6. The number of amidine groups is 2. The molecule has 0 saturated carbocycles. The van der Waals surface area contributed by atoms with E-state index in [9.17, 15) is 0 Å². The lowest BCUT2D eigenvalue weighted by atomic mass is 9.67. The molecule has 1 aliphatic carbocycles. The van der Waals surface area contributed by atoms with Crippen LogP contribution >= 0.6 is 0 Å². The molecule has 9 aromatic rings. The van der Waals surface area contributed by atoms with E-state index in [0.717, 1.165) is 44.4 Å². The zero-order valence-corrected chi connectivity index (χ0v) is 33.0. The zero-order valence-electron chi connectivity index (χ0n) is 33.0. The summed E-state index contributed by atoms with van der Waals surface area (Å²) in [6, 6.07) is 74.3. The van der Waals surface area contributed by atoms with Crippen molar-refractivity contribution in [3.8, 4) is 45.3 Å². The van der Waals surface area contributed by atoms with Crippen LogP contribution in [0, 0.1) is 0 Å². The monoisotopic (exact) mass is 783 g/mol. The maximum atomic E-state index is 7.01. The third kappa shape index (κ3) is 5.55. The molecule has 2 aliphatic heterocycles. The van der Waals surface area contributed by atoms with Gasteiger partial charge in [-0.2, -0.15) is 0 Å². The molecule has 0 aromatic heterocycles. The molecule has 0 fully saturated rings. The fourth-order valence-corrected chi connectivity index (χ4v) is 9.61. The Bertz CT molecular complexity index is 3180. The second kappa shape index (κ2) is 14.1. The minimum absolute atomic E-state index is 0.530. The lowest BCUT2D eigenvalue weighted by Gasteiger charge is -2.34. The Labute approximate surface area is 354 Å². The number of nitrogens with one attached hydrogen (secondary N) is 1. The average molecular weight is 784 g/mol. The molecule has 1 N–H and O–H groups in total. The molecule has 12 rings (SSSR count). The number of ether oxygens (including phenoxy) is 2. The first-order chi connectivity index (χ1) is 30.2. The van der Waals surface area contributed by atoms with Crippen LogP contribution < -0.4 is 14.8 Å². The molecular formula is C56H37N3O2. The summed E-state index contributed by atoms with van der Waals surface area (Å²) in [5.41, 5.74) is 11.6. The van der Waals surface area contributed by atoms with Gasteiger partial charge in [-0.25, -0.2) is 9.98 Å². The molecule has 0 amide bonds. The SMILES string of the molecule is c1ccc(C2=NC(c3ccc(-c4ccccc4)c4ccccc34)N=C(c3cccc4c3Oc3cc5c(cc3O4)C(c3ccccc3)(c3ccccc3)c3ccccc3-5)N2)cc1. The summed E-state index contributed by atoms with van der Waals surface area (Å²) >= 11 is 0. The van der Waals surface area contributed by atoms with Gasteiger partial charge in [-0.3, -0.25) is 0 Å². The van der Waals surface area contributed by atoms with Crippen molar-refractivity contribution in [2.45, 2.75) is 11.6 Å². The highest BCUT2D eigenvalue weighted by Gasteiger charge is 2.47. The van der Waals surface area contributed by atoms with E-state index in [2.05, 4.69) is 181 Å². The number of hydrogen-bond donors (Lipinski definition) is 1. The van der Waals surface area contributed by atoms with Crippen LogP contribution in [0.1, 0.15) is 45.1 Å². The van der Waals surface area contributed by atoms with Gasteiger partial charge in [-0.1, -0.05) is 188 Å². The van der Waals surface area contributed by atoms with Crippen molar-refractivity contribution in [1.29, 1.82) is 0 Å². The minimum Gasteiger partial charge on any atom is -0.449 e. The van der Waals surface area contributed by atoms with Crippen molar-refractivity contribution in [2.24, 2.45) is 9.98 Å². The fourth-order valence-electron chi connectivity index (χ4n) is 9.61. The molecule has 5 nitrogen and oxygen atoms in total. The first kappa shape index (κ1) is 35.0. The Hall–Kier alpha value is -8.02.